The predicted molar refractivity (Wildman–Crippen MR) is 126 cm³/mol. The van der Waals surface area contributed by atoms with Crippen molar-refractivity contribution in [3.05, 3.63) is 28.8 Å². The zero-order valence-corrected chi connectivity index (χ0v) is 19.7. The quantitative estimate of drug-likeness (QED) is 0.754. The van der Waals surface area contributed by atoms with E-state index in [-0.39, 0.29) is 17.6 Å². The van der Waals surface area contributed by atoms with Crippen molar-refractivity contribution in [2.45, 2.75) is 38.8 Å². The lowest BCUT2D eigenvalue weighted by Gasteiger charge is -2.32. The molecule has 5 rings (SSSR count). The Morgan fingerprint density at radius 3 is 2.75 bits per heavy atom. The van der Waals surface area contributed by atoms with Crippen molar-refractivity contribution in [3.8, 4) is 5.75 Å². The van der Waals surface area contributed by atoms with Gasteiger partial charge in [0.15, 0.2) is 5.13 Å². The van der Waals surface area contributed by atoms with Gasteiger partial charge in [-0.05, 0) is 26.8 Å². The molecule has 2 saturated heterocycles. The molecule has 32 heavy (non-hydrogen) atoms. The van der Waals surface area contributed by atoms with Crippen LogP contribution in [0.3, 0.4) is 0 Å². The molecule has 1 N–H and O–H groups in total. The van der Waals surface area contributed by atoms with E-state index in [1.54, 1.807) is 0 Å². The SMILES string of the molecule is CC1COCCN1c1nc(C(=O)Nc2cc3c(cc2N2CCOCC2)OC(C)(C)C3)cs1. The number of carbonyl (C=O) groups is 1. The monoisotopic (exact) mass is 458 g/mol. The van der Waals surface area contributed by atoms with Gasteiger partial charge in [0.05, 0.1) is 43.8 Å². The zero-order chi connectivity index (χ0) is 22.3. The number of fused-ring (bicyclic) bond motifs is 1. The van der Waals surface area contributed by atoms with Gasteiger partial charge in [-0.25, -0.2) is 4.98 Å². The van der Waals surface area contributed by atoms with Crippen LogP contribution in [-0.4, -0.2) is 68.6 Å². The van der Waals surface area contributed by atoms with Crippen LogP contribution >= 0.6 is 11.3 Å². The van der Waals surface area contributed by atoms with Crippen molar-refractivity contribution >= 4 is 33.8 Å². The summed E-state index contributed by atoms with van der Waals surface area (Å²) in [7, 11) is 0. The number of hydrogen-bond acceptors (Lipinski definition) is 8. The van der Waals surface area contributed by atoms with E-state index in [0.29, 0.717) is 32.1 Å². The van der Waals surface area contributed by atoms with Gasteiger partial charge in [-0.15, -0.1) is 11.3 Å². The Labute approximate surface area is 192 Å². The summed E-state index contributed by atoms with van der Waals surface area (Å²) in [6.07, 6.45) is 0.810. The molecule has 8 nitrogen and oxygen atoms in total. The first-order chi connectivity index (χ1) is 15.4. The first-order valence-electron chi connectivity index (χ1n) is 11.2. The number of rotatable bonds is 4. The number of aromatic nitrogens is 1. The van der Waals surface area contributed by atoms with Crippen molar-refractivity contribution in [1.29, 1.82) is 0 Å². The van der Waals surface area contributed by atoms with Crippen molar-refractivity contribution in [3.63, 3.8) is 0 Å². The Hall–Kier alpha value is -2.36. The second kappa shape index (κ2) is 8.53. The molecule has 1 unspecified atom stereocenters. The van der Waals surface area contributed by atoms with Crippen molar-refractivity contribution in [2.24, 2.45) is 0 Å². The molecule has 172 valence electrons. The van der Waals surface area contributed by atoms with Gasteiger partial charge in [0.25, 0.3) is 5.91 Å². The third kappa shape index (κ3) is 4.29. The number of ether oxygens (including phenoxy) is 3. The minimum Gasteiger partial charge on any atom is -0.487 e. The highest BCUT2D eigenvalue weighted by Gasteiger charge is 2.32. The lowest BCUT2D eigenvalue weighted by atomic mass is 10.0. The number of benzene rings is 1. The van der Waals surface area contributed by atoms with Crippen LogP contribution in [0.2, 0.25) is 0 Å². The molecule has 0 spiro atoms. The highest BCUT2D eigenvalue weighted by Crippen LogP contribution is 2.42. The van der Waals surface area contributed by atoms with Crippen LogP contribution in [0, 0.1) is 0 Å². The van der Waals surface area contributed by atoms with E-state index in [2.05, 4.69) is 53.0 Å². The summed E-state index contributed by atoms with van der Waals surface area (Å²) in [5.74, 6) is 0.702. The normalized spacial score (nSPS) is 22.4. The molecule has 3 aliphatic rings. The topological polar surface area (TPSA) is 76.2 Å². The van der Waals surface area contributed by atoms with E-state index in [1.165, 1.54) is 11.3 Å². The Balaban J connectivity index is 1.40. The van der Waals surface area contributed by atoms with Crippen LogP contribution in [0.5, 0.6) is 5.75 Å². The fraction of sp³-hybridized carbons (Fsp3) is 0.565. The minimum absolute atomic E-state index is 0.193. The van der Waals surface area contributed by atoms with E-state index in [0.717, 1.165) is 53.9 Å². The third-order valence-electron chi connectivity index (χ3n) is 6.12. The molecule has 0 radical (unpaired) electrons. The molecular formula is C23H30N4O4S. The molecule has 1 atom stereocenters. The Kier molecular flexibility index (Phi) is 5.73. The Bertz CT molecular complexity index is 1000. The summed E-state index contributed by atoms with van der Waals surface area (Å²) in [6.45, 7) is 11.3. The molecular weight excluding hydrogens is 428 g/mol. The van der Waals surface area contributed by atoms with Gasteiger partial charge in [0.1, 0.15) is 17.0 Å². The molecule has 0 aliphatic carbocycles. The first kappa shape index (κ1) is 21.5. The van der Waals surface area contributed by atoms with Crippen molar-refractivity contribution < 1.29 is 19.0 Å². The molecule has 4 heterocycles. The van der Waals surface area contributed by atoms with Crippen LogP contribution in [0.1, 0.15) is 36.8 Å². The maximum absolute atomic E-state index is 13.2. The van der Waals surface area contributed by atoms with E-state index < -0.39 is 0 Å². The van der Waals surface area contributed by atoms with Crippen molar-refractivity contribution in [2.75, 3.05) is 61.2 Å². The summed E-state index contributed by atoms with van der Waals surface area (Å²) in [4.78, 5) is 22.3. The number of carbonyl (C=O) groups excluding carboxylic acids is 1. The van der Waals surface area contributed by atoms with E-state index in [4.69, 9.17) is 14.2 Å². The van der Waals surface area contributed by atoms with E-state index in [9.17, 15) is 4.79 Å². The number of hydrogen-bond donors (Lipinski definition) is 1. The first-order valence-corrected chi connectivity index (χ1v) is 12.1. The third-order valence-corrected chi connectivity index (χ3v) is 7.00. The largest absolute Gasteiger partial charge is 0.487 e. The smallest absolute Gasteiger partial charge is 0.275 e. The highest BCUT2D eigenvalue weighted by atomic mass is 32.1. The van der Waals surface area contributed by atoms with Gasteiger partial charge >= 0.3 is 0 Å². The van der Waals surface area contributed by atoms with Gasteiger partial charge in [-0.3, -0.25) is 4.79 Å². The van der Waals surface area contributed by atoms with Crippen LogP contribution in [0.15, 0.2) is 17.5 Å². The Morgan fingerprint density at radius 2 is 1.97 bits per heavy atom. The zero-order valence-electron chi connectivity index (χ0n) is 18.8. The molecule has 1 aromatic carbocycles. The lowest BCUT2D eigenvalue weighted by Crippen LogP contribution is -2.43. The standard InChI is InChI=1S/C23H30N4O4S/c1-15-13-30-9-6-27(15)22-25-18(14-32-22)21(28)24-17-10-16-12-23(2,3)31-20(16)11-19(17)26-4-7-29-8-5-26/h10-11,14-15H,4-9,12-13H2,1-3H3,(H,24,28). The van der Waals surface area contributed by atoms with Crippen LogP contribution in [0.4, 0.5) is 16.5 Å². The highest BCUT2D eigenvalue weighted by molar-refractivity contribution is 7.14. The second-order valence-electron chi connectivity index (χ2n) is 9.20. The number of amides is 1. The van der Waals surface area contributed by atoms with Gasteiger partial charge in [0.2, 0.25) is 0 Å². The summed E-state index contributed by atoms with van der Waals surface area (Å²) in [5.41, 5.74) is 3.07. The maximum Gasteiger partial charge on any atom is 0.275 e. The fourth-order valence-corrected chi connectivity index (χ4v) is 5.44. The number of nitrogens with zero attached hydrogens (tertiary/aromatic N) is 3. The number of morpholine rings is 2. The van der Waals surface area contributed by atoms with Gasteiger partial charge in [-0.1, -0.05) is 0 Å². The number of nitrogens with one attached hydrogen (secondary N) is 1. The molecule has 1 aromatic heterocycles. The average molecular weight is 459 g/mol. The molecule has 1 amide bonds. The van der Waals surface area contributed by atoms with Gasteiger partial charge in [-0.2, -0.15) is 0 Å². The fourth-order valence-electron chi connectivity index (χ4n) is 4.50. The maximum atomic E-state index is 13.2. The average Bonchev–Trinajstić information content (AvgIpc) is 3.37. The molecule has 9 heteroatoms. The molecule has 0 bridgehead atoms. The minimum atomic E-state index is -0.244. The molecule has 0 saturated carbocycles. The summed E-state index contributed by atoms with van der Waals surface area (Å²) in [6, 6.07) is 4.37. The van der Waals surface area contributed by atoms with Crippen LogP contribution in [0.25, 0.3) is 0 Å². The summed E-state index contributed by atoms with van der Waals surface area (Å²) in [5, 5.41) is 5.83. The lowest BCUT2D eigenvalue weighted by molar-refractivity contribution is 0.0987. The summed E-state index contributed by atoms with van der Waals surface area (Å²) >= 11 is 1.50. The molecule has 3 aliphatic heterocycles. The van der Waals surface area contributed by atoms with Crippen molar-refractivity contribution in [1.82, 2.24) is 4.98 Å². The Morgan fingerprint density at radius 1 is 1.19 bits per heavy atom. The summed E-state index contributed by atoms with van der Waals surface area (Å²) < 4.78 is 17.2. The van der Waals surface area contributed by atoms with Crippen LogP contribution in [-0.2, 0) is 15.9 Å². The van der Waals surface area contributed by atoms with E-state index >= 15 is 0 Å². The van der Waals surface area contributed by atoms with Crippen LogP contribution < -0.4 is 19.9 Å². The predicted octanol–water partition coefficient (Wildman–Crippen LogP) is 3.17. The van der Waals surface area contributed by atoms with Gasteiger partial charge in [0, 0.05) is 43.1 Å². The molecule has 2 fully saturated rings. The number of anilines is 3. The van der Waals surface area contributed by atoms with Gasteiger partial charge < -0.3 is 29.3 Å². The second-order valence-corrected chi connectivity index (χ2v) is 10.0. The van der Waals surface area contributed by atoms with E-state index in [1.807, 2.05) is 5.38 Å². The number of thiazole rings is 1. The molecule has 2 aromatic rings.